The Morgan fingerprint density at radius 1 is 1.50 bits per heavy atom. The van der Waals surface area contributed by atoms with Crippen LogP contribution >= 0.6 is 0 Å². The monoisotopic (exact) mass is 224 g/mol. The molecule has 1 aliphatic carbocycles. The Bertz CT molecular complexity index is 399. The van der Waals surface area contributed by atoms with Gasteiger partial charge in [-0.15, -0.1) is 0 Å². The SMILES string of the molecule is O=C(O)Cc1ccc(OCC2CC2)c(F)c1. The van der Waals surface area contributed by atoms with E-state index in [0.29, 0.717) is 18.1 Å². The molecule has 0 amide bonds. The lowest BCUT2D eigenvalue weighted by Gasteiger charge is -2.07. The number of aliphatic carboxylic acids is 1. The summed E-state index contributed by atoms with van der Waals surface area (Å²) in [6, 6.07) is 4.30. The Kier molecular flexibility index (Phi) is 3.08. The minimum Gasteiger partial charge on any atom is -0.490 e. The van der Waals surface area contributed by atoms with Crippen molar-refractivity contribution in [2.75, 3.05) is 6.61 Å². The van der Waals surface area contributed by atoms with Crippen molar-refractivity contribution in [3.05, 3.63) is 29.6 Å². The smallest absolute Gasteiger partial charge is 0.307 e. The highest BCUT2D eigenvalue weighted by atomic mass is 19.1. The molecule has 1 aliphatic rings. The Morgan fingerprint density at radius 3 is 2.81 bits per heavy atom. The van der Waals surface area contributed by atoms with Gasteiger partial charge in [-0.05, 0) is 36.5 Å². The van der Waals surface area contributed by atoms with E-state index in [1.54, 1.807) is 6.07 Å². The molecule has 0 spiro atoms. The molecule has 1 saturated carbocycles. The number of carboxylic acids is 1. The van der Waals surface area contributed by atoms with E-state index in [4.69, 9.17) is 9.84 Å². The number of hydrogen-bond donors (Lipinski definition) is 1. The van der Waals surface area contributed by atoms with Gasteiger partial charge in [0.1, 0.15) is 0 Å². The molecular formula is C12H13FO3. The molecule has 2 rings (SSSR count). The van der Waals surface area contributed by atoms with Crippen molar-refractivity contribution >= 4 is 5.97 Å². The molecule has 1 N–H and O–H groups in total. The van der Waals surface area contributed by atoms with Crippen LogP contribution in [0.3, 0.4) is 0 Å². The van der Waals surface area contributed by atoms with Gasteiger partial charge in [-0.3, -0.25) is 4.79 Å². The second-order valence-corrected chi connectivity index (χ2v) is 4.09. The zero-order valence-corrected chi connectivity index (χ0v) is 8.78. The van der Waals surface area contributed by atoms with Crippen molar-refractivity contribution in [1.82, 2.24) is 0 Å². The zero-order chi connectivity index (χ0) is 11.5. The van der Waals surface area contributed by atoms with Gasteiger partial charge >= 0.3 is 5.97 Å². The minimum absolute atomic E-state index is 0.167. The summed E-state index contributed by atoms with van der Waals surface area (Å²) in [6.45, 7) is 0.551. The van der Waals surface area contributed by atoms with Crippen LogP contribution in [0.2, 0.25) is 0 Å². The number of carboxylic acid groups (broad SMARTS) is 1. The van der Waals surface area contributed by atoms with Crippen molar-refractivity contribution < 1.29 is 19.0 Å². The maximum Gasteiger partial charge on any atom is 0.307 e. The molecule has 0 atom stereocenters. The first-order valence-corrected chi connectivity index (χ1v) is 5.28. The number of hydrogen-bond acceptors (Lipinski definition) is 2. The van der Waals surface area contributed by atoms with Gasteiger partial charge in [-0.1, -0.05) is 6.07 Å². The molecule has 4 heteroatoms. The van der Waals surface area contributed by atoms with E-state index in [-0.39, 0.29) is 12.2 Å². The van der Waals surface area contributed by atoms with Crippen molar-refractivity contribution in [2.45, 2.75) is 19.3 Å². The van der Waals surface area contributed by atoms with Crippen LogP contribution in [0.15, 0.2) is 18.2 Å². The van der Waals surface area contributed by atoms with E-state index in [2.05, 4.69) is 0 Å². The van der Waals surface area contributed by atoms with Crippen LogP contribution in [0.25, 0.3) is 0 Å². The highest BCUT2D eigenvalue weighted by Gasteiger charge is 2.22. The van der Waals surface area contributed by atoms with Crippen LogP contribution in [-0.2, 0) is 11.2 Å². The molecule has 86 valence electrons. The van der Waals surface area contributed by atoms with E-state index in [1.807, 2.05) is 0 Å². The van der Waals surface area contributed by atoms with Gasteiger partial charge in [-0.25, -0.2) is 4.39 Å². The van der Waals surface area contributed by atoms with Crippen molar-refractivity contribution in [1.29, 1.82) is 0 Å². The van der Waals surface area contributed by atoms with E-state index < -0.39 is 11.8 Å². The standard InChI is InChI=1S/C12H13FO3/c13-10-5-9(6-12(14)15)3-4-11(10)16-7-8-1-2-8/h3-5,8H,1-2,6-7H2,(H,14,15). The number of ether oxygens (including phenoxy) is 1. The highest BCUT2D eigenvalue weighted by molar-refractivity contribution is 5.70. The third-order valence-electron chi connectivity index (χ3n) is 2.52. The molecule has 1 aromatic rings. The largest absolute Gasteiger partial charge is 0.490 e. The summed E-state index contributed by atoms with van der Waals surface area (Å²) < 4.78 is 18.8. The van der Waals surface area contributed by atoms with Gasteiger partial charge in [0, 0.05) is 0 Å². The molecule has 0 saturated heterocycles. The van der Waals surface area contributed by atoms with Gasteiger partial charge < -0.3 is 9.84 Å². The fraction of sp³-hybridized carbons (Fsp3) is 0.417. The summed E-state index contributed by atoms with van der Waals surface area (Å²) in [6.07, 6.45) is 2.14. The predicted molar refractivity (Wildman–Crippen MR) is 56.0 cm³/mol. The number of carbonyl (C=O) groups is 1. The fourth-order valence-electron chi connectivity index (χ4n) is 1.44. The minimum atomic E-state index is -0.967. The van der Waals surface area contributed by atoms with Gasteiger partial charge in [0.05, 0.1) is 13.0 Å². The Morgan fingerprint density at radius 2 is 2.25 bits per heavy atom. The molecular weight excluding hydrogens is 211 g/mol. The third-order valence-corrected chi connectivity index (χ3v) is 2.52. The summed E-state index contributed by atoms with van der Waals surface area (Å²) in [5.74, 6) is -0.676. The lowest BCUT2D eigenvalue weighted by atomic mass is 10.1. The molecule has 1 aromatic carbocycles. The Balaban J connectivity index is 2.00. The fourth-order valence-corrected chi connectivity index (χ4v) is 1.44. The van der Waals surface area contributed by atoms with Gasteiger partial charge in [0.25, 0.3) is 0 Å². The summed E-state index contributed by atoms with van der Waals surface area (Å²) in [5.41, 5.74) is 0.448. The van der Waals surface area contributed by atoms with E-state index >= 15 is 0 Å². The normalized spacial score (nSPS) is 14.8. The quantitative estimate of drug-likeness (QED) is 0.834. The number of rotatable bonds is 5. The lowest BCUT2D eigenvalue weighted by Crippen LogP contribution is -2.03. The van der Waals surface area contributed by atoms with Crippen LogP contribution in [0.4, 0.5) is 4.39 Å². The average Bonchev–Trinajstić information content (AvgIpc) is 2.99. The number of benzene rings is 1. The van der Waals surface area contributed by atoms with Crippen LogP contribution < -0.4 is 4.74 Å². The van der Waals surface area contributed by atoms with Crippen LogP contribution in [-0.4, -0.2) is 17.7 Å². The predicted octanol–water partition coefficient (Wildman–Crippen LogP) is 2.24. The first-order valence-electron chi connectivity index (χ1n) is 5.28. The molecule has 1 fully saturated rings. The first-order chi connectivity index (χ1) is 7.65. The molecule has 0 unspecified atom stereocenters. The van der Waals surface area contributed by atoms with Crippen molar-refractivity contribution in [2.24, 2.45) is 5.92 Å². The second kappa shape index (κ2) is 4.51. The third kappa shape index (κ3) is 2.95. The van der Waals surface area contributed by atoms with Crippen LogP contribution in [0, 0.1) is 11.7 Å². The Hall–Kier alpha value is -1.58. The zero-order valence-electron chi connectivity index (χ0n) is 8.78. The molecule has 0 bridgehead atoms. The maximum atomic E-state index is 13.5. The second-order valence-electron chi connectivity index (χ2n) is 4.09. The summed E-state index contributed by atoms with van der Waals surface area (Å²) in [4.78, 5) is 10.4. The average molecular weight is 224 g/mol. The summed E-state index contributed by atoms with van der Waals surface area (Å²) >= 11 is 0. The van der Waals surface area contributed by atoms with E-state index in [1.165, 1.54) is 12.1 Å². The number of halogens is 1. The summed E-state index contributed by atoms with van der Waals surface area (Å²) in [7, 11) is 0. The van der Waals surface area contributed by atoms with Crippen molar-refractivity contribution in [3.63, 3.8) is 0 Å². The van der Waals surface area contributed by atoms with E-state index in [9.17, 15) is 9.18 Å². The van der Waals surface area contributed by atoms with Gasteiger partial charge in [0.2, 0.25) is 0 Å². The molecule has 0 aromatic heterocycles. The van der Waals surface area contributed by atoms with Crippen LogP contribution in [0.5, 0.6) is 5.75 Å². The maximum absolute atomic E-state index is 13.5. The molecule has 0 aliphatic heterocycles. The molecule has 0 heterocycles. The summed E-state index contributed by atoms with van der Waals surface area (Å²) in [5, 5.41) is 8.56. The van der Waals surface area contributed by atoms with Gasteiger partial charge in [-0.2, -0.15) is 0 Å². The topological polar surface area (TPSA) is 46.5 Å². The molecule has 16 heavy (non-hydrogen) atoms. The van der Waals surface area contributed by atoms with Crippen LogP contribution in [0.1, 0.15) is 18.4 Å². The highest BCUT2D eigenvalue weighted by Crippen LogP contribution is 2.30. The van der Waals surface area contributed by atoms with Crippen molar-refractivity contribution in [3.8, 4) is 5.75 Å². The Labute approximate surface area is 92.9 Å². The van der Waals surface area contributed by atoms with Gasteiger partial charge in [0.15, 0.2) is 11.6 Å². The van der Waals surface area contributed by atoms with E-state index in [0.717, 1.165) is 12.8 Å². The molecule has 3 nitrogen and oxygen atoms in total. The molecule has 0 radical (unpaired) electrons. The first kappa shape index (κ1) is 10.9. The lowest BCUT2D eigenvalue weighted by molar-refractivity contribution is -0.136.